The first kappa shape index (κ1) is 21.3. The summed E-state index contributed by atoms with van der Waals surface area (Å²) in [5.74, 6) is -0.407. The van der Waals surface area contributed by atoms with Crippen LogP contribution in [0.15, 0.2) is 77.4 Å². The highest BCUT2D eigenvalue weighted by molar-refractivity contribution is 14.1. The molecule has 0 fully saturated rings. The van der Waals surface area contributed by atoms with E-state index in [4.69, 9.17) is 21.1 Å². The van der Waals surface area contributed by atoms with Crippen molar-refractivity contribution in [1.29, 1.82) is 0 Å². The second-order valence-corrected chi connectivity index (χ2v) is 8.39. The number of aryl methyl sites for hydroxylation is 1. The molecular weight excluding hydrogens is 529 g/mol. The van der Waals surface area contributed by atoms with Crippen molar-refractivity contribution in [3.63, 3.8) is 0 Å². The number of cyclic esters (lactones) is 1. The van der Waals surface area contributed by atoms with E-state index in [-0.39, 0.29) is 11.6 Å². The number of esters is 2. The summed E-state index contributed by atoms with van der Waals surface area (Å²) in [5.41, 5.74) is 2.79. The molecule has 0 aromatic heterocycles. The molecule has 0 unspecified atom stereocenters. The van der Waals surface area contributed by atoms with Gasteiger partial charge in [-0.05, 0) is 83.1 Å². The first-order chi connectivity index (χ1) is 14.9. The van der Waals surface area contributed by atoms with Gasteiger partial charge in [0.2, 0.25) is 5.90 Å². The molecule has 31 heavy (non-hydrogen) atoms. The maximum atomic E-state index is 12.3. The van der Waals surface area contributed by atoms with Crippen molar-refractivity contribution < 1.29 is 19.1 Å². The zero-order valence-corrected chi connectivity index (χ0v) is 19.2. The summed E-state index contributed by atoms with van der Waals surface area (Å²) in [5, 5.41) is 0.452. The smallest absolute Gasteiger partial charge is 0.363 e. The number of aliphatic imine (C=N–C) groups is 1. The van der Waals surface area contributed by atoms with Crippen LogP contribution in [0.4, 0.5) is 0 Å². The molecule has 5 nitrogen and oxygen atoms in total. The van der Waals surface area contributed by atoms with Gasteiger partial charge in [-0.15, -0.1) is 0 Å². The fourth-order valence-electron chi connectivity index (χ4n) is 2.94. The monoisotopic (exact) mass is 543 g/mol. The van der Waals surface area contributed by atoms with E-state index in [1.54, 1.807) is 54.6 Å². The van der Waals surface area contributed by atoms with E-state index in [0.29, 0.717) is 27.5 Å². The van der Waals surface area contributed by atoms with Gasteiger partial charge in [0.15, 0.2) is 5.70 Å². The Morgan fingerprint density at radius 2 is 1.84 bits per heavy atom. The predicted octanol–water partition coefficient (Wildman–Crippen LogP) is 5.82. The number of nitrogens with zero attached hydrogens (tertiary/aromatic N) is 1. The predicted molar refractivity (Wildman–Crippen MR) is 127 cm³/mol. The lowest BCUT2D eigenvalue weighted by molar-refractivity contribution is -0.129. The van der Waals surface area contributed by atoms with Gasteiger partial charge in [-0.25, -0.2) is 14.6 Å². The highest BCUT2D eigenvalue weighted by atomic mass is 127. The second-order valence-electron chi connectivity index (χ2n) is 6.73. The van der Waals surface area contributed by atoms with Crippen molar-refractivity contribution in [3.8, 4) is 5.75 Å². The number of carbonyl (C=O) groups is 2. The number of hydrogen-bond donors (Lipinski definition) is 0. The second kappa shape index (κ2) is 9.03. The molecular formula is C24H15ClINO4. The third kappa shape index (κ3) is 4.86. The van der Waals surface area contributed by atoms with Crippen LogP contribution in [0.1, 0.15) is 27.0 Å². The minimum atomic E-state index is -0.556. The lowest BCUT2D eigenvalue weighted by Gasteiger charge is -2.06. The third-order valence-electron chi connectivity index (χ3n) is 4.54. The highest BCUT2D eigenvalue weighted by Crippen LogP contribution is 2.26. The topological polar surface area (TPSA) is 65.0 Å². The minimum Gasteiger partial charge on any atom is -0.423 e. The number of halogens is 2. The molecule has 0 spiro atoms. The number of hydrogen-bond acceptors (Lipinski definition) is 5. The van der Waals surface area contributed by atoms with E-state index >= 15 is 0 Å². The van der Waals surface area contributed by atoms with Crippen LogP contribution in [0.25, 0.3) is 6.08 Å². The Morgan fingerprint density at radius 1 is 1.10 bits per heavy atom. The Hall–Kier alpha value is -2.97. The fraction of sp³-hybridized carbons (Fsp3) is 0.0417. The van der Waals surface area contributed by atoms with Crippen molar-refractivity contribution in [2.75, 3.05) is 0 Å². The summed E-state index contributed by atoms with van der Waals surface area (Å²) in [7, 11) is 0. The standard InChI is InChI=1S/C24H15ClINO4/c1-14-4-2-3-5-18(14)23(28)30-17-9-6-15(7-10-17)12-21-24(29)31-22(27-21)19-13-16(26)8-11-20(19)25/h2-13H,1H3/b21-12-. The van der Waals surface area contributed by atoms with Gasteiger partial charge >= 0.3 is 11.9 Å². The van der Waals surface area contributed by atoms with E-state index in [0.717, 1.165) is 9.13 Å². The summed E-state index contributed by atoms with van der Waals surface area (Å²) in [6, 6.07) is 19.4. The zero-order valence-electron chi connectivity index (χ0n) is 16.3. The molecule has 0 saturated carbocycles. The van der Waals surface area contributed by atoms with E-state index in [1.807, 2.05) is 25.1 Å². The molecule has 0 saturated heterocycles. The summed E-state index contributed by atoms with van der Waals surface area (Å²) < 4.78 is 11.7. The number of benzene rings is 3. The first-order valence-electron chi connectivity index (χ1n) is 9.26. The Morgan fingerprint density at radius 3 is 2.58 bits per heavy atom. The van der Waals surface area contributed by atoms with Crippen LogP contribution in [-0.4, -0.2) is 17.8 Å². The van der Waals surface area contributed by atoms with Gasteiger partial charge in [-0.1, -0.05) is 41.9 Å². The molecule has 154 valence electrons. The lowest BCUT2D eigenvalue weighted by Crippen LogP contribution is -2.09. The quantitative estimate of drug-likeness (QED) is 0.180. The van der Waals surface area contributed by atoms with E-state index < -0.39 is 11.9 Å². The lowest BCUT2D eigenvalue weighted by atomic mass is 10.1. The van der Waals surface area contributed by atoms with Crippen molar-refractivity contribution in [2.24, 2.45) is 4.99 Å². The van der Waals surface area contributed by atoms with Gasteiger partial charge in [0.05, 0.1) is 16.1 Å². The van der Waals surface area contributed by atoms with Crippen LogP contribution in [0.2, 0.25) is 5.02 Å². The van der Waals surface area contributed by atoms with Crippen LogP contribution < -0.4 is 4.74 Å². The average molecular weight is 544 g/mol. The first-order valence-corrected chi connectivity index (χ1v) is 10.7. The van der Waals surface area contributed by atoms with Crippen molar-refractivity contribution in [2.45, 2.75) is 6.92 Å². The zero-order chi connectivity index (χ0) is 22.0. The summed E-state index contributed by atoms with van der Waals surface area (Å²) in [6.45, 7) is 1.85. The molecule has 7 heteroatoms. The molecule has 0 bridgehead atoms. The molecule has 0 atom stereocenters. The number of ether oxygens (including phenoxy) is 2. The third-order valence-corrected chi connectivity index (χ3v) is 5.54. The number of carbonyl (C=O) groups excluding carboxylic acids is 2. The molecule has 0 amide bonds. The van der Waals surface area contributed by atoms with Gasteiger partial charge in [0.1, 0.15) is 5.75 Å². The largest absolute Gasteiger partial charge is 0.423 e. The van der Waals surface area contributed by atoms with E-state index in [1.165, 1.54) is 0 Å². The van der Waals surface area contributed by atoms with Gasteiger partial charge in [-0.3, -0.25) is 0 Å². The SMILES string of the molecule is Cc1ccccc1C(=O)Oc1ccc(/C=C2\N=C(c3cc(I)ccc3Cl)OC2=O)cc1. The van der Waals surface area contributed by atoms with Gasteiger partial charge < -0.3 is 9.47 Å². The van der Waals surface area contributed by atoms with Crippen molar-refractivity contribution >= 4 is 58.1 Å². The minimum absolute atomic E-state index is 0.162. The molecule has 0 aliphatic carbocycles. The van der Waals surface area contributed by atoms with Crippen LogP contribution >= 0.6 is 34.2 Å². The molecule has 4 rings (SSSR count). The fourth-order valence-corrected chi connectivity index (χ4v) is 3.63. The van der Waals surface area contributed by atoms with Crippen LogP contribution in [0.5, 0.6) is 5.75 Å². The van der Waals surface area contributed by atoms with E-state index in [9.17, 15) is 9.59 Å². The Balaban J connectivity index is 1.52. The van der Waals surface area contributed by atoms with Crippen molar-refractivity contribution in [1.82, 2.24) is 0 Å². The maximum absolute atomic E-state index is 12.3. The van der Waals surface area contributed by atoms with Crippen molar-refractivity contribution in [3.05, 3.63) is 103 Å². The Bertz CT molecular complexity index is 1250. The van der Waals surface area contributed by atoms with Gasteiger partial charge in [-0.2, -0.15) is 0 Å². The molecule has 0 N–H and O–H groups in total. The van der Waals surface area contributed by atoms with Crippen LogP contribution in [-0.2, 0) is 9.53 Å². The van der Waals surface area contributed by atoms with Crippen LogP contribution in [0, 0.1) is 10.5 Å². The Labute approximate surface area is 197 Å². The number of rotatable bonds is 4. The van der Waals surface area contributed by atoms with E-state index in [2.05, 4.69) is 27.6 Å². The molecule has 3 aromatic rings. The molecule has 0 radical (unpaired) electrons. The highest BCUT2D eigenvalue weighted by Gasteiger charge is 2.25. The molecule has 1 aliphatic rings. The van der Waals surface area contributed by atoms with Gasteiger partial charge in [0.25, 0.3) is 0 Å². The normalized spacial score (nSPS) is 14.4. The van der Waals surface area contributed by atoms with Crippen LogP contribution in [0.3, 0.4) is 0 Å². The average Bonchev–Trinajstić information content (AvgIpc) is 3.11. The summed E-state index contributed by atoms with van der Waals surface area (Å²) in [6.07, 6.45) is 1.60. The molecule has 1 heterocycles. The molecule has 1 aliphatic heterocycles. The molecule has 3 aromatic carbocycles. The summed E-state index contributed by atoms with van der Waals surface area (Å²) in [4.78, 5) is 28.9. The maximum Gasteiger partial charge on any atom is 0.363 e. The Kier molecular flexibility index (Phi) is 6.20. The summed E-state index contributed by atoms with van der Waals surface area (Å²) >= 11 is 8.36. The van der Waals surface area contributed by atoms with Gasteiger partial charge in [0, 0.05) is 3.57 Å².